The topological polar surface area (TPSA) is 58.5 Å². The van der Waals surface area contributed by atoms with Gasteiger partial charge in [-0.25, -0.2) is 9.37 Å². The summed E-state index contributed by atoms with van der Waals surface area (Å²) in [5.41, 5.74) is 0.883. The van der Waals surface area contributed by atoms with Crippen molar-refractivity contribution in [1.29, 1.82) is 0 Å². The Bertz CT molecular complexity index is 679. The lowest BCUT2D eigenvalue weighted by Crippen LogP contribution is -2.37. The summed E-state index contributed by atoms with van der Waals surface area (Å²) >= 11 is 1.71. The van der Waals surface area contributed by atoms with E-state index < -0.39 is 0 Å². The molecule has 0 saturated heterocycles. The summed E-state index contributed by atoms with van der Waals surface area (Å²) in [5, 5.41) is 6.49. The molecule has 1 aromatic carbocycles. The van der Waals surface area contributed by atoms with Crippen molar-refractivity contribution in [1.82, 2.24) is 15.6 Å². The van der Waals surface area contributed by atoms with Crippen LogP contribution in [0.15, 0.2) is 52.4 Å². The molecule has 0 saturated carbocycles. The Balaban J connectivity index is 1.65. The number of halogens is 1. The van der Waals surface area contributed by atoms with Crippen LogP contribution in [0.1, 0.15) is 12.1 Å². The number of rotatable bonds is 8. The van der Waals surface area contributed by atoms with Gasteiger partial charge in [0.25, 0.3) is 0 Å². The first-order valence-electron chi connectivity index (χ1n) is 8.04. The standard InChI is InChI=1S/C18H23FN4OS/c1-20-18(22-13-15-5-3-6-17(23-15)24-2)21-11-4-12-25-16-9-7-14(19)8-10-16/h3,5-10H,4,11-13H2,1-2H3,(H2,20,21,22). The molecule has 0 radical (unpaired) electrons. The molecule has 0 aliphatic heterocycles. The van der Waals surface area contributed by atoms with Gasteiger partial charge in [-0.15, -0.1) is 11.8 Å². The largest absolute Gasteiger partial charge is 0.481 e. The van der Waals surface area contributed by atoms with Crippen molar-refractivity contribution in [2.45, 2.75) is 17.9 Å². The fourth-order valence-corrected chi connectivity index (χ4v) is 2.92. The number of aromatic nitrogens is 1. The van der Waals surface area contributed by atoms with Gasteiger partial charge in [0.05, 0.1) is 19.3 Å². The zero-order chi connectivity index (χ0) is 17.9. The Hall–Kier alpha value is -2.28. The summed E-state index contributed by atoms with van der Waals surface area (Å²) in [4.78, 5) is 9.62. The van der Waals surface area contributed by atoms with Crippen LogP contribution in [0, 0.1) is 5.82 Å². The minimum absolute atomic E-state index is 0.202. The third-order valence-corrected chi connectivity index (χ3v) is 4.45. The number of nitrogens with one attached hydrogen (secondary N) is 2. The van der Waals surface area contributed by atoms with Gasteiger partial charge in [-0.3, -0.25) is 4.99 Å². The van der Waals surface area contributed by atoms with Crippen molar-refractivity contribution in [2.24, 2.45) is 4.99 Å². The summed E-state index contributed by atoms with van der Waals surface area (Å²) in [6, 6.07) is 12.2. The Kier molecular flexibility index (Phi) is 8.04. The van der Waals surface area contributed by atoms with E-state index in [-0.39, 0.29) is 5.82 Å². The predicted molar refractivity (Wildman–Crippen MR) is 101 cm³/mol. The Morgan fingerprint density at radius 1 is 1.20 bits per heavy atom. The first-order valence-corrected chi connectivity index (χ1v) is 9.02. The molecule has 0 bridgehead atoms. The maximum Gasteiger partial charge on any atom is 0.213 e. The fraction of sp³-hybridized carbons (Fsp3) is 0.333. The molecular formula is C18H23FN4OS. The van der Waals surface area contributed by atoms with Crippen LogP contribution >= 0.6 is 11.8 Å². The van der Waals surface area contributed by atoms with E-state index >= 15 is 0 Å². The smallest absolute Gasteiger partial charge is 0.213 e. The first-order chi connectivity index (χ1) is 12.2. The molecule has 0 spiro atoms. The average molecular weight is 362 g/mol. The molecule has 0 unspecified atom stereocenters. The van der Waals surface area contributed by atoms with E-state index in [1.165, 1.54) is 12.1 Å². The van der Waals surface area contributed by atoms with E-state index in [9.17, 15) is 4.39 Å². The molecule has 0 fully saturated rings. The zero-order valence-corrected chi connectivity index (χ0v) is 15.3. The van der Waals surface area contributed by atoms with Gasteiger partial charge in [-0.2, -0.15) is 0 Å². The van der Waals surface area contributed by atoms with E-state index in [2.05, 4.69) is 20.6 Å². The van der Waals surface area contributed by atoms with Gasteiger partial charge < -0.3 is 15.4 Å². The second-order valence-corrected chi connectivity index (χ2v) is 6.35. The van der Waals surface area contributed by atoms with Gasteiger partial charge in [0.2, 0.25) is 5.88 Å². The van der Waals surface area contributed by atoms with Gasteiger partial charge >= 0.3 is 0 Å². The lowest BCUT2D eigenvalue weighted by Gasteiger charge is -2.12. The number of guanidine groups is 1. The van der Waals surface area contributed by atoms with Gasteiger partial charge in [0.15, 0.2) is 5.96 Å². The molecule has 1 aromatic heterocycles. The number of thioether (sulfide) groups is 1. The number of hydrogen-bond donors (Lipinski definition) is 2. The van der Waals surface area contributed by atoms with Crippen molar-refractivity contribution in [3.05, 3.63) is 54.0 Å². The van der Waals surface area contributed by atoms with Crippen LogP contribution < -0.4 is 15.4 Å². The molecule has 0 atom stereocenters. The highest BCUT2D eigenvalue weighted by Crippen LogP contribution is 2.18. The second-order valence-electron chi connectivity index (χ2n) is 5.18. The molecule has 0 aliphatic carbocycles. The molecule has 1 heterocycles. The minimum Gasteiger partial charge on any atom is -0.481 e. The molecule has 2 rings (SSSR count). The SMILES string of the molecule is CN=C(NCCCSc1ccc(F)cc1)NCc1cccc(OC)n1. The Morgan fingerprint density at radius 3 is 2.72 bits per heavy atom. The van der Waals surface area contributed by atoms with E-state index in [0.717, 1.165) is 35.3 Å². The van der Waals surface area contributed by atoms with Crippen molar-refractivity contribution >= 4 is 17.7 Å². The third-order valence-electron chi connectivity index (χ3n) is 3.35. The van der Waals surface area contributed by atoms with E-state index in [1.54, 1.807) is 38.1 Å². The first kappa shape index (κ1) is 19.1. The number of benzene rings is 1. The molecule has 134 valence electrons. The summed E-state index contributed by atoms with van der Waals surface area (Å²) in [6.07, 6.45) is 0.972. The quantitative estimate of drug-likeness (QED) is 0.327. The number of pyridine rings is 1. The van der Waals surface area contributed by atoms with Crippen molar-refractivity contribution in [3.63, 3.8) is 0 Å². The zero-order valence-electron chi connectivity index (χ0n) is 14.5. The van der Waals surface area contributed by atoms with Gasteiger partial charge in [0.1, 0.15) is 5.82 Å². The van der Waals surface area contributed by atoms with Crippen molar-refractivity contribution in [3.8, 4) is 5.88 Å². The summed E-state index contributed by atoms with van der Waals surface area (Å²) in [6.45, 7) is 1.38. The third kappa shape index (κ3) is 7.01. The minimum atomic E-state index is -0.202. The predicted octanol–water partition coefficient (Wildman–Crippen LogP) is 3.08. The molecule has 0 amide bonds. The molecule has 25 heavy (non-hydrogen) atoms. The highest BCUT2D eigenvalue weighted by molar-refractivity contribution is 7.99. The van der Waals surface area contributed by atoms with E-state index in [4.69, 9.17) is 4.74 Å². The fourth-order valence-electron chi connectivity index (χ4n) is 2.06. The van der Waals surface area contributed by atoms with Crippen LogP contribution in [-0.4, -0.2) is 37.4 Å². The van der Waals surface area contributed by atoms with Crippen LogP contribution in [0.3, 0.4) is 0 Å². The van der Waals surface area contributed by atoms with Crippen molar-refractivity contribution < 1.29 is 9.13 Å². The summed E-state index contributed by atoms with van der Waals surface area (Å²) in [7, 11) is 3.34. The van der Waals surface area contributed by atoms with Crippen LogP contribution in [0.4, 0.5) is 4.39 Å². The number of hydrogen-bond acceptors (Lipinski definition) is 4. The van der Waals surface area contributed by atoms with Crippen LogP contribution in [0.5, 0.6) is 5.88 Å². The number of methoxy groups -OCH3 is 1. The summed E-state index contributed by atoms with van der Waals surface area (Å²) in [5.74, 6) is 2.08. The molecule has 2 N–H and O–H groups in total. The van der Waals surface area contributed by atoms with Crippen LogP contribution in [-0.2, 0) is 6.54 Å². The molecule has 7 heteroatoms. The lowest BCUT2D eigenvalue weighted by molar-refractivity contribution is 0.396. The molecule has 0 aliphatic rings. The Morgan fingerprint density at radius 2 is 2.00 bits per heavy atom. The normalized spacial score (nSPS) is 11.2. The van der Waals surface area contributed by atoms with Crippen molar-refractivity contribution in [2.75, 3.05) is 26.5 Å². The maximum absolute atomic E-state index is 12.8. The van der Waals surface area contributed by atoms with Crippen LogP contribution in [0.2, 0.25) is 0 Å². The van der Waals surface area contributed by atoms with E-state index in [1.807, 2.05) is 18.2 Å². The highest BCUT2D eigenvalue weighted by Gasteiger charge is 2.01. The second kappa shape index (κ2) is 10.6. The maximum atomic E-state index is 12.8. The molecule has 5 nitrogen and oxygen atoms in total. The summed E-state index contributed by atoms with van der Waals surface area (Å²) < 4.78 is 18.0. The van der Waals surface area contributed by atoms with Crippen LogP contribution in [0.25, 0.3) is 0 Å². The number of aliphatic imine (C=N–C) groups is 1. The highest BCUT2D eigenvalue weighted by atomic mass is 32.2. The monoisotopic (exact) mass is 362 g/mol. The lowest BCUT2D eigenvalue weighted by atomic mass is 10.3. The molecule has 2 aromatic rings. The Labute approximate surface area is 152 Å². The number of nitrogens with zero attached hydrogens (tertiary/aromatic N) is 2. The van der Waals surface area contributed by atoms with E-state index in [0.29, 0.717) is 12.4 Å². The number of ether oxygens (including phenoxy) is 1. The van der Waals surface area contributed by atoms with Gasteiger partial charge in [-0.1, -0.05) is 6.07 Å². The average Bonchev–Trinajstić information content (AvgIpc) is 2.65. The molecular weight excluding hydrogens is 339 g/mol. The van der Waals surface area contributed by atoms with Gasteiger partial charge in [-0.05, 0) is 42.5 Å². The van der Waals surface area contributed by atoms with Gasteiger partial charge in [0, 0.05) is 24.6 Å².